The minimum Gasteiger partial charge on any atom is -0.478 e. The molecule has 0 amide bonds. The van der Waals surface area contributed by atoms with Gasteiger partial charge in [0, 0.05) is 0 Å². The van der Waals surface area contributed by atoms with E-state index in [0.29, 0.717) is 4.52 Å². The highest BCUT2D eigenvalue weighted by atomic mass is 35.5. The second-order valence-corrected chi connectivity index (χ2v) is 4.52. The molecule has 0 saturated carbocycles. The van der Waals surface area contributed by atoms with Gasteiger partial charge in [0.15, 0.2) is 5.69 Å². The minimum absolute atomic E-state index is 0.102. The third-order valence-electron chi connectivity index (χ3n) is 2.77. The van der Waals surface area contributed by atoms with Crippen LogP contribution in [0.25, 0.3) is 5.52 Å². The smallest absolute Gasteiger partial charge is 0.436 e. The van der Waals surface area contributed by atoms with Crippen LogP contribution in [0.5, 0.6) is 0 Å². The zero-order valence-electron chi connectivity index (χ0n) is 10.2. The van der Waals surface area contributed by atoms with E-state index >= 15 is 0 Å². The predicted molar refractivity (Wildman–Crippen MR) is 61.9 cm³/mol. The Morgan fingerprint density at radius 1 is 1.43 bits per heavy atom. The number of carbonyl (C=O) groups is 1. The Bertz CT molecular complexity index is 739. The fraction of sp³-hybridized carbons (Fsp3) is 0.273. The minimum atomic E-state index is -5.06. The Kier molecular flexibility index (Phi) is 3.56. The van der Waals surface area contributed by atoms with E-state index in [9.17, 15) is 26.7 Å². The van der Waals surface area contributed by atoms with Crippen molar-refractivity contribution in [3.63, 3.8) is 0 Å². The van der Waals surface area contributed by atoms with Crippen LogP contribution in [0.3, 0.4) is 0 Å². The molecular formula is C11H6ClF5N2O2. The van der Waals surface area contributed by atoms with Gasteiger partial charge in [0.05, 0.1) is 11.1 Å². The maximum atomic E-state index is 12.8. The van der Waals surface area contributed by atoms with Crippen LogP contribution in [0.4, 0.5) is 22.0 Å². The molecule has 0 saturated heterocycles. The van der Waals surface area contributed by atoms with Crippen molar-refractivity contribution in [3.8, 4) is 0 Å². The van der Waals surface area contributed by atoms with Crippen molar-refractivity contribution in [1.82, 2.24) is 9.61 Å². The molecule has 2 heterocycles. The number of carboxylic acid groups (broad SMARTS) is 1. The summed E-state index contributed by atoms with van der Waals surface area (Å²) in [6.45, 7) is 1.20. The number of pyridine rings is 1. The lowest BCUT2D eigenvalue weighted by atomic mass is 10.1. The Labute approximate surface area is 118 Å². The predicted octanol–water partition coefficient (Wildman–Crippen LogP) is 3.95. The molecule has 0 radical (unpaired) electrons. The van der Waals surface area contributed by atoms with E-state index in [4.69, 9.17) is 16.7 Å². The van der Waals surface area contributed by atoms with Crippen LogP contribution in [0.15, 0.2) is 6.07 Å². The fourth-order valence-corrected chi connectivity index (χ4v) is 2.22. The van der Waals surface area contributed by atoms with E-state index in [1.807, 2.05) is 0 Å². The first-order valence-corrected chi connectivity index (χ1v) is 5.73. The van der Waals surface area contributed by atoms with Crippen molar-refractivity contribution in [1.29, 1.82) is 0 Å². The van der Waals surface area contributed by atoms with E-state index in [2.05, 4.69) is 5.10 Å². The van der Waals surface area contributed by atoms with Gasteiger partial charge in [-0.2, -0.15) is 18.3 Å². The number of fused-ring (bicyclic) bond motifs is 1. The van der Waals surface area contributed by atoms with Crippen molar-refractivity contribution in [2.24, 2.45) is 0 Å². The van der Waals surface area contributed by atoms with Crippen molar-refractivity contribution in [2.45, 2.75) is 19.5 Å². The highest BCUT2D eigenvalue weighted by Gasteiger charge is 2.41. The standard InChI is InChI=1S/C11H6ClF5N2O2/c1-3-2-4(9(13)14)8(12)19-6(3)5(10(20)21)7(18-19)11(15,16)17/h2,9H,1H3,(H,20,21). The summed E-state index contributed by atoms with van der Waals surface area (Å²) in [6, 6.07) is 0.844. The lowest BCUT2D eigenvalue weighted by Gasteiger charge is -2.08. The van der Waals surface area contributed by atoms with E-state index < -0.39 is 46.1 Å². The third-order valence-corrected chi connectivity index (χ3v) is 3.15. The molecule has 4 nitrogen and oxygen atoms in total. The number of nitrogens with zero attached hydrogens (tertiary/aromatic N) is 2. The highest BCUT2D eigenvalue weighted by molar-refractivity contribution is 6.30. The zero-order valence-corrected chi connectivity index (χ0v) is 10.9. The highest BCUT2D eigenvalue weighted by Crippen LogP contribution is 2.37. The van der Waals surface area contributed by atoms with E-state index in [-0.39, 0.29) is 5.56 Å². The molecule has 114 valence electrons. The molecule has 2 aromatic rings. The summed E-state index contributed by atoms with van der Waals surface area (Å²) in [4.78, 5) is 11.1. The number of aromatic nitrogens is 2. The Balaban J connectivity index is 2.98. The van der Waals surface area contributed by atoms with Crippen molar-refractivity contribution < 1.29 is 31.9 Å². The van der Waals surface area contributed by atoms with E-state index in [0.717, 1.165) is 6.07 Å². The van der Waals surface area contributed by atoms with Gasteiger partial charge in [-0.15, -0.1) is 0 Å². The summed E-state index contributed by atoms with van der Waals surface area (Å²) in [6.07, 6.45) is -8.09. The molecule has 0 fully saturated rings. The Morgan fingerprint density at radius 2 is 2.00 bits per heavy atom. The second-order valence-electron chi connectivity index (χ2n) is 4.16. The van der Waals surface area contributed by atoms with Crippen molar-refractivity contribution in [2.75, 3.05) is 0 Å². The molecule has 0 atom stereocenters. The van der Waals surface area contributed by atoms with Gasteiger partial charge in [0.2, 0.25) is 0 Å². The van der Waals surface area contributed by atoms with Crippen LogP contribution in [0.1, 0.15) is 33.6 Å². The van der Waals surface area contributed by atoms with Crippen molar-refractivity contribution in [3.05, 3.63) is 33.6 Å². The average molecular weight is 329 g/mol. The number of aromatic carboxylic acids is 1. The first-order valence-electron chi connectivity index (χ1n) is 5.36. The summed E-state index contributed by atoms with van der Waals surface area (Å²) in [7, 11) is 0. The average Bonchev–Trinajstić information content (AvgIpc) is 2.74. The first-order chi connectivity index (χ1) is 9.55. The summed E-state index contributed by atoms with van der Waals surface area (Å²) in [5.41, 5.74) is -4.11. The molecule has 2 rings (SSSR count). The molecule has 21 heavy (non-hydrogen) atoms. The molecule has 2 aromatic heterocycles. The van der Waals surface area contributed by atoms with E-state index in [1.165, 1.54) is 6.92 Å². The largest absolute Gasteiger partial charge is 0.478 e. The number of alkyl halides is 5. The number of rotatable bonds is 2. The number of halogens is 6. The lowest BCUT2D eigenvalue weighted by molar-refractivity contribution is -0.141. The Hall–Kier alpha value is -1.90. The Morgan fingerprint density at radius 3 is 2.43 bits per heavy atom. The normalized spacial score (nSPS) is 12.4. The quantitative estimate of drug-likeness (QED) is 0.671. The molecule has 0 aliphatic carbocycles. The summed E-state index contributed by atoms with van der Waals surface area (Å²) in [5.74, 6) is -1.87. The molecule has 0 aliphatic rings. The van der Waals surface area contributed by atoms with Crippen molar-refractivity contribution >= 4 is 23.1 Å². The first kappa shape index (κ1) is 15.5. The number of hydrogen-bond acceptors (Lipinski definition) is 2. The number of aryl methyl sites for hydroxylation is 1. The monoisotopic (exact) mass is 328 g/mol. The zero-order chi connectivity index (χ0) is 16.1. The summed E-state index contributed by atoms with van der Waals surface area (Å²) in [5, 5.41) is 11.3. The van der Waals surface area contributed by atoms with E-state index in [1.54, 1.807) is 0 Å². The lowest BCUT2D eigenvalue weighted by Crippen LogP contribution is -2.12. The topological polar surface area (TPSA) is 54.6 Å². The van der Waals surface area contributed by atoms with Crippen LogP contribution in [-0.4, -0.2) is 20.7 Å². The maximum absolute atomic E-state index is 12.8. The fourth-order valence-electron chi connectivity index (χ4n) is 1.96. The van der Waals surface area contributed by atoms with Crippen LogP contribution < -0.4 is 0 Å². The van der Waals surface area contributed by atoms with Gasteiger partial charge < -0.3 is 5.11 Å². The number of carboxylic acids is 1. The molecule has 0 bridgehead atoms. The van der Waals surface area contributed by atoms with Gasteiger partial charge in [0.1, 0.15) is 10.7 Å². The van der Waals surface area contributed by atoms with Gasteiger partial charge in [-0.1, -0.05) is 11.6 Å². The molecule has 0 unspecified atom stereocenters. The SMILES string of the molecule is Cc1cc(C(F)F)c(Cl)n2nc(C(F)(F)F)c(C(=O)O)c12. The third kappa shape index (κ3) is 2.41. The molecule has 0 spiro atoms. The summed E-state index contributed by atoms with van der Waals surface area (Å²) >= 11 is 5.61. The maximum Gasteiger partial charge on any atom is 0.436 e. The second kappa shape index (κ2) is 4.83. The van der Waals surface area contributed by atoms with Crippen LogP contribution >= 0.6 is 11.6 Å². The van der Waals surface area contributed by atoms with Gasteiger partial charge in [0.25, 0.3) is 6.43 Å². The number of hydrogen-bond donors (Lipinski definition) is 1. The van der Waals surface area contributed by atoms with Gasteiger partial charge in [-0.05, 0) is 18.6 Å². The van der Waals surface area contributed by atoms with Gasteiger partial charge in [-0.25, -0.2) is 18.1 Å². The summed E-state index contributed by atoms with van der Waals surface area (Å²) < 4.78 is 64.4. The molecule has 1 N–H and O–H groups in total. The molecular weight excluding hydrogens is 323 g/mol. The van der Waals surface area contributed by atoms with Crippen LogP contribution in [-0.2, 0) is 6.18 Å². The van der Waals surface area contributed by atoms with Crippen LogP contribution in [0.2, 0.25) is 5.15 Å². The van der Waals surface area contributed by atoms with Gasteiger partial charge >= 0.3 is 12.1 Å². The van der Waals surface area contributed by atoms with Gasteiger partial charge in [-0.3, -0.25) is 0 Å². The molecule has 0 aliphatic heterocycles. The molecule has 10 heteroatoms. The van der Waals surface area contributed by atoms with Crippen LogP contribution in [0, 0.1) is 6.92 Å². The molecule has 0 aromatic carbocycles.